The second-order valence-corrected chi connectivity index (χ2v) is 4.79. The maximum atomic E-state index is 5.58. The van der Waals surface area contributed by atoms with Gasteiger partial charge in [0.05, 0.1) is 19.4 Å². The third kappa shape index (κ3) is 4.23. The first-order chi connectivity index (χ1) is 10.2. The van der Waals surface area contributed by atoms with Gasteiger partial charge in [-0.15, -0.1) is 0 Å². The molecular weight excluding hydrogens is 266 g/mol. The highest BCUT2D eigenvalue weighted by Gasteiger charge is 2.09. The molecule has 1 heterocycles. The molecule has 0 saturated carbocycles. The molecule has 5 heteroatoms. The van der Waals surface area contributed by atoms with E-state index in [9.17, 15) is 0 Å². The fourth-order valence-corrected chi connectivity index (χ4v) is 2.24. The summed E-state index contributed by atoms with van der Waals surface area (Å²) in [6, 6.07) is 8.01. The van der Waals surface area contributed by atoms with E-state index in [-0.39, 0.29) is 0 Å². The fraction of sp³-hybridized carbons (Fsp3) is 0.438. The molecule has 1 aromatic heterocycles. The number of ether oxygens (including phenoxy) is 2. The van der Waals surface area contributed by atoms with Crippen molar-refractivity contribution in [1.82, 2.24) is 15.1 Å². The van der Waals surface area contributed by atoms with E-state index in [1.165, 1.54) is 0 Å². The lowest BCUT2D eigenvalue weighted by atomic mass is 10.2. The number of para-hydroxylation sites is 1. The van der Waals surface area contributed by atoms with E-state index in [1.807, 2.05) is 43.0 Å². The topological polar surface area (TPSA) is 48.3 Å². The largest absolute Gasteiger partial charge is 0.493 e. The van der Waals surface area contributed by atoms with Crippen molar-refractivity contribution < 1.29 is 9.47 Å². The van der Waals surface area contributed by atoms with Crippen LogP contribution in [0, 0.1) is 0 Å². The Morgan fingerprint density at radius 1 is 1.29 bits per heavy atom. The molecule has 0 fully saturated rings. The van der Waals surface area contributed by atoms with Crippen molar-refractivity contribution in [1.29, 1.82) is 0 Å². The first kappa shape index (κ1) is 15.4. The summed E-state index contributed by atoms with van der Waals surface area (Å²) in [5.74, 6) is 1.61. The van der Waals surface area contributed by atoms with E-state index in [0.29, 0.717) is 6.61 Å². The van der Waals surface area contributed by atoms with Gasteiger partial charge in [-0.05, 0) is 19.1 Å². The van der Waals surface area contributed by atoms with Crippen molar-refractivity contribution in [3.05, 3.63) is 41.7 Å². The van der Waals surface area contributed by atoms with Gasteiger partial charge in [0.2, 0.25) is 0 Å². The van der Waals surface area contributed by atoms with E-state index >= 15 is 0 Å². The highest BCUT2D eigenvalue weighted by Crippen LogP contribution is 2.30. The molecule has 0 atom stereocenters. The molecule has 0 saturated heterocycles. The van der Waals surface area contributed by atoms with Gasteiger partial charge in [0, 0.05) is 38.3 Å². The second-order valence-electron chi connectivity index (χ2n) is 4.79. The van der Waals surface area contributed by atoms with Crippen LogP contribution in [0.25, 0.3) is 0 Å². The van der Waals surface area contributed by atoms with Crippen molar-refractivity contribution in [3.63, 3.8) is 0 Å². The van der Waals surface area contributed by atoms with Gasteiger partial charge in [0.1, 0.15) is 0 Å². The van der Waals surface area contributed by atoms with Crippen LogP contribution in [0.4, 0.5) is 0 Å². The first-order valence-electron chi connectivity index (χ1n) is 7.22. The van der Waals surface area contributed by atoms with Crippen LogP contribution in [0.3, 0.4) is 0 Å². The third-order valence-corrected chi connectivity index (χ3v) is 3.21. The number of benzene rings is 1. The molecule has 0 bridgehead atoms. The predicted octanol–water partition coefficient (Wildman–Crippen LogP) is 2.16. The summed E-state index contributed by atoms with van der Waals surface area (Å²) < 4.78 is 12.9. The minimum atomic E-state index is 0.632. The summed E-state index contributed by atoms with van der Waals surface area (Å²) in [7, 11) is 3.61. The molecule has 2 aromatic rings. The van der Waals surface area contributed by atoms with E-state index in [2.05, 4.69) is 16.5 Å². The molecule has 2 rings (SSSR count). The van der Waals surface area contributed by atoms with Crippen LogP contribution in [-0.2, 0) is 20.0 Å². The Balaban J connectivity index is 1.89. The van der Waals surface area contributed by atoms with Crippen LogP contribution in [0.5, 0.6) is 11.5 Å². The lowest BCUT2D eigenvalue weighted by Crippen LogP contribution is -2.17. The molecule has 1 N–H and O–H groups in total. The Morgan fingerprint density at radius 3 is 2.81 bits per heavy atom. The Kier molecular flexibility index (Phi) is 5.63. The average molecular weight is 289 g/mol. The summed E-state index contributed by atoms with van der Waals surface area (Å²) in [5, 5.41) is 7.78. The van der Waals surface area contributed by atoms with Crippen molar-refractivity contribution >= 4 is 0 Å². The SMILES string of the molecule is CCOc1cccc(CNCCc2ccn(C)n2)c1OC. The van der Waals surface area contributed by atoms with Gasteiger partial charge < -0.3 is 14.8 Å². The monoisotopic (exact) mass is 289 g/mol. The van der Waals surface area contributed by atoms with Crippen LogP contribution in [0.1, 0.15) is 18.2 Å². The molecule has 21 heavy (non-hydrogen) atoms. The predicted molar refractivity (Wildman–Crippen MR) is 82.8 cm³/mol. The Labute approximate surface area is 125 Å². The Hall–Kier alpha value is -2.01. The molecule has 0 unspecified atom stereocenters. The molecule has 114 valence electrons. The number of rotatable bonds is 8. The molecule has 0 spiro atoms. The van der Waals surface area contributed by atoms with Gasteiger partial charge in [0.15, 0.2) is 11.5 Å². The van der Waals surface area contributed by atoms with Crippen LogP contribution >= 0.6 is 0 Å². The minimum Gasteiger partial charge on any atom is -0.493 e. The maximum absolute atomic E-state index is 5.58. The Bertz CT molecular complexity index is 566. The zero-order valence-electron chi connectivity index (χ0n) is 12.9. The minimum absolute atomic E-state index is 0.632. The lowest BCUT2D eigenvalue weighted by Gasteiger charge is -2.14. The number of hydrogen-bond donors (Lipinski definition) is 1. The highest BCUT2D eigenvalue weighted by atomic mass is 16.5. The lowest BCUT2D eigenvalue weighted by molar-refractivity contribution is 0.308. The van der Waals surface area contributed by atoms with E-state index in [4.69, 9.17) is 9.47 Å². The zero-order valence-corrected chi connectivity index (χ0v) is 12.9. The number of nitrogens with zero attached hydrogens (tertiary/aromatic N) is 2. The van der Waals surface area contributed by atoms with Crippen molar-refractivity contribution in [2.45, 2.75) is 19.9 Å². The molecule has 0 aliphatic heterocycles. The fourth-order valence-electron chi connectivity index (χ4n) is 2.24. The maximum Gasteiger partial charge on any atom is 0.165 e. The summed E-state index contributed by atoms with van der Waals surface area (Å²) in [4.78, 5) is 0. The van der Waals surface area contributed by atoms with Crippen molar-refractivity contribution in [3.8, 4) is 11.5 Å². The number of aryl methyl sites for hydroxylation is 1. The van der Waals surface area contributed by atoms with Gasteiger partial charge in [-0.3, -0.25) is 4.68 Å². The van der Waals surface area contributed by atoms with Gasteiger partial charge in [-0.2, -0.15) is 5.10 Å². The molecule has 1 aromatic carbocycles. The number of methoxy groups -OCH3 is 1. The van der Waals surface area contributed by atoms with Gasteiger partial charge in [-0.25, -0.2) is 0 Å². The normalized spacial score (nSPS) is 10.6. The smallest absolute Gasteiger partial charge is 0.165 e. The second kappa shape index (κ2) is 7.69. The van der Waals surface area contributed by atoms with Gasteiger partial charge in [-0.1, -0.05) is 12.1 Å². The Morgan fingerprint density at radius 2 is 2.14 bits per heavy atom. The summed E-state index contributed by atoms with van der Waals surface area (Å²) >= 11 is 0. The molecule has 0 aliphatic carbocycles. The highest BCUT2D eigenvalue weighted by molar-refractivity contribution is 5.46. The van der Waals surface area contributed by atoms with Crippen LogP contribution in [0.2, 0.25) is 0 Å². The number of aromatic nitrogens is 2. The van der Waals surface area contributed by atoms with Crippen molar-refractivity contribution in [2.24, 2.45) is 7.05 Å². The molecule has 0 aliphatic rings. The quantitative estimate of drug-likeness (QED) is 0.757. The van der Waals surface area contributed by atoms with E-state index in [0.717, 1.165) is 42.3 Å². The molecule has 0 amide bonds. The van der Waals surface area contributed by atoms with E-state index in [1.54, 1.807) is 7.11 Å². The van der Waals surface area contributed by atoms with E-state index < -0.39 is 0 Å². The third-order valence-electron chi connectivity index (χ3n) is 3.21. The van der Waals surface area contributed by atoms with Gasteiger partial charge >= 0.3 is 0 Å². The number of nitrogens with one attached hydrogen (secondary N) is 1. The zero-order chi connectivity index (χ0) is 15.1. The average Bonchev–Trinajstić information content (AvgIpc) is 2.90. The van der Waals surface area contributed by atoms with Crippen molar-refractivity contribution in [2.75, 3.05) is 20.3 Å². The van der Waals surface area contributed by atoms with Gasteiger partial charge in [0.25, 0.3) is 0 Å². The van der Waals surface area contributed by atoms with Crippen LogP contribution < -0.4 is 14.8 Å². The van der Waals surface area contributed by atoms with Crippen LogP contribution in [-0.4, -0.2) is 30.0 Å². The first-order valence-corrected chi connectivity index (χ1v) is 7.22. The molecule has 5 nitrogen and oxygen atoms in total. The number of hydrogen-bond acceptors (Lipinski definition) is 4. The van der Waals surface area contributed by atoms with Crippen LogP contribution in [0.15, 0.2) is 30.5 Å². The summed E-state index contributed by atoms with van der Waals surface area (Å²) in [6.07, 6.45) is 2.87. The summed E-state index contributed by atoms with van der Waals surface area (Å²) in [5.41, 5.74) is 2.20. The standard InChI is InChI=1S/C16H23N3O2/c1-4-21-15-7-5-6-13(16(15)20-3)12-17-10-8-14-9-11-19(2)18-14/h5-7,9,11,17H,4,8,10,12H2,1-3H3. The summed E-state index contributed by atoms with van der Waals surface area (Å²) in [6.45, 7) is 4.22. The molecular formula is C16H23N3O2. The molecule has 0 radical (unpaired) electrons.